The predicted octanol–water partition coefficient (Wildman–Crippen LogP) is 3.41. The van der Waals surface area contributed by atoms with Crippen LogP contribution in [-0.2, 0) is 19.9 Å². The van der Waals surface area contributed by atoms with Gasteiger partial charge in [0.05, 0.1) is 12.8 Å². The number of methoxy groups -OCH3 is 1. The first-order valence-electron chi connectivity index (χ1n) is 10.2. The van der Waals surface area contributed by atoms with Crippen LogP contribution in [0.2, 0.25) is 0 Å². The number of nitrogens with zero attached hydrogens (tertiary/aromatic N) is 1. The van der Waals surface area contributed by atoms with Crippen molar-refractivity contribution in [2.24, 2.45) is 0 Å². The second-order valence-electron chi connectivity index (χ2n) is 7.89. The maximum atomic E-state index is 12.7. The Kier molecular flexibility index (Phi) is 5.54. The fraction of sp³-hybridized carbons (Fsp3) is 0.348. The quantitative estimate of drug-likeness (QED) is 0.735. The SMILES string of the molecule is COc1ccc2c(c1)C1(CCN(C(=O)CC(=O)Nc3ccc(C)cc3)CC1)OC(=O)N2. The average molecular weight is 423 g/mol. The van der Waals surface area contributed by atoms with E-state index in [1.165, 1.54) is 0 Å². The van der Waals surface area contributed by atoms with E-state index in [0.717, 1.165) is 11.1 Å². The van der Waals surface area contributed by atoms with E-state index < -0.39 is 11.7 Å². The van der Waals surface area contributed by atoms with Crippen LogP contribution in [0.5, 0.6) is 5.75 Å². The van der Waals surface area contributed by atoms with Crippen LogP contribution in [0.1, 0.15) is 30.4 Å². The molecule has 1 spiro atoms. The van der Waals surface area contributed by atoms with Gasteiger partial charge in [-0.1, -0.05) is 17.7 Å². The number of likely N-dealkylation sites (tertiary alicyclic amines) is 1. The zero-order valence-corrected chi connectivity index (χ0v) is 17.6. The summed E-state index contributed by atoms with van der Waals surface area (Å²) in [6, 6.07) is 12.8. The van der Waals surface area contributed by atoms with Crippen molar-refractivity contribution in [2.75, 3.05) is 30.8 Å². The van der Waals surface area contributed by atoms with Gasteiger partial charge in [0.25, 0.3) is 0 Å². The van der Waals surface area contributed by atoms with Gasteiger partial charge < -0.3 is 19.7 Å². The molecule has 8 nitrogen and oxygen atoms in total. The number of carbonyl (C=O) groups excluding carboxylic acids is 3. The van der Waals surface area contributed by atoms with Gasteiger partial charge in [0, 0.05) is 37.2 Å². The van der Waals surface area contributed by atoms with Crippen molar-refractivity contribution in [2.45, 2.75) is 31.8 Å². The molecule has 2 heterocycles. The molecular weight excluding hydrogens is 398 g/mol. The standard InChI is InChI=1S/C23H25N3O5/c1-15-3-5-16(6-4-15)24-20(27)14-21(28)26-11-9-23(10-12-26)18-13-17(30-2)7-8-19(18)25-22(29)31-23/h3-8,13H,9-12,14H2,1-2H3,(H,24,27)(H,25,29). The highest BCUT2D eigenvalue weighted by atomic mass is 16.6. The Morgan fingerprint density at radius 1 is 1.16 bits per heavy atom. The van der Waals surface area contributed by atoms with Gasteiger partial charge in [0.2, 0.25) is 11.8 Å². The lowest BCUT2D eigenvalue weighted by Crippen LogP contribution is -2.50. The average Bonchev–Trinajstić information content (AvgIpc) is 2.75. The molecule has 31 heavy (non-hydrogen) atoms. The fourth-order valence-electron chi connectivity index (χ4n) is 4.08. The highest BCUT2D eigenvalue weighted by Crippen LogP contribution is 2.44. The molecule has 2 aliphatic rings. The molecule has 2 N–H and O–H groups in total. The lowest BCUT2D eigenvalue weighted by Gasteiger charge is -2.44. The van der Waals surface area contributed by atoms with E-state index >= 15 is 0 Å². The van der Waals surface area contributed by atoms with Gasteiger partial charge in [-0.05, 0) is 37.3 Å². The minimum atomic E-state index is -0.812. The summed E-state index contributed by atoms with van der Waals surface area (Å²) in [5.41, 5.74) is 2.47. The monoisotopic (exact) mass is 423 g/mol. The van der Waals surface area contributed by atoms with Crippen molar-refractivity contribution >= 4 is 29.3 Å². The lowest BCUT2D eigenvalue weighted by atomic mass is 9.82. The summed E-state index contributed by atoms with van der Waals surface area (Å²) in [5.74, 6) is 0.0762. The van der Waals surface area contributed by atoms with E-state index in [4.69, 9.17) is 9.47 Å². The first-order chi connectivity index (χ1) is 14.9. The normalized spacial score (nSPS) is 16.7. The number of benzene rings is 2. The molecule has 0 saturated carbocycles. The van der Waals surface area contributed by atoms with E-state index in [1.54, 1.807) is 36.3 Å². The van der Waals surface area contributed by atoms with Gasteiger partial charge in [-0.3, -0.25) is 14.9 Å². The minimum absolute atomic E-state index is 0.230. The molecule has 3 amide bonds. The Hall–Kier alpha value is -3.55. The first kappa shape index (κ1) is 20.7. The molecule has 4 rings (SSSR count). The molecule has 162 valence electrons. The Bertz CT molecular complexity index is 1010. The number of fused-ring (bicyclic) bond motifs is 2. The van der Waals surface area contributed by atoms with Crippen molar-refractivity contribution in [1.82, 2.24) is 4.90 Å². The van der Waals surface area contributed by atoms with Gasteiger partial charge >= 0.3 is 6.09 Å². The molecular formula is C23H25N3O5. The second-order valence-corrected chi connectivity index (χ2v) is 7.89. The molecule has 0 bridgehead atoms. The minimum Gasteiger partial charge on any atom is -0.497 e. The summed E-state index contributed by atoms with van der Waals surface area (Å²) in [7, 11) is 1.58. The van der Waals surface area contributed by atoms with E-state index in [2.05, 4.69) is 10.6 Å². The molecule has 0 aliphatic carbocycles. The Morgan fingerprint density at radius 3 is 2.55 bits per heavy atom. The molecule has 0 atom stereocenters. The number of hydrogen-bond donors (Lipinski definition) is 2. The number of rotatable bonds is 4. The van der Waals surface area contributed by atoms with Crippen LogP contribution in [0.25, 0.3) is 0 Å². The molecule has 8 heteroatoms. The summed E-state index contributed by atoms with van der Waals surface area (Å²) < 4.78 is 11.0. The van der Waals surface area contributed by atoms with Crippen molar-refractivity contribution < 1.29 is 23.9 Å². The number of amides is 3. The molecule has 2 aliphatic heterocycles. The Labute approximate surface area is 180 Å². The van der Waals surface area contributed by atoms with Gasteiger partial charge in [-0.2, -0.15) is 0 Å². The van der Waals surface area contributed by atoms with Crippen molar-refractivity contribution in [3.8, 4) is 5.75 Å². The van der Waals surface area contributed by atoms with Crippen molar-refractivity contribution in [1.29, 1.82) is 0 Å². The highest BCUT2D eigenvalue weighted by Gasteiger charge is 2.45. The van der Waals surface area contributed by atoms with Crippen molar-refractivity contribution in [3.63, 3.8) is 0 Å². The van der Waals surface area contributed by atoms with E-state index in [0.29, 0.717) is 43.1 Å². The predicted molar refractivity (Wildman–Crippen MR) is 115 cm³/mol. The van der Waals surface area contributed by atoms with Crippen LogP contribution in [0.4, 0.5) is 16.2 Å². The summed E-state index contributed by atoms with van der Waals surface area (Å²) in [6.07, 6.45) is 0.166. The molecule has 0 radical (unpaired) electrons. The van der Waals surface area contributed by atoms with E-state index in [9.17, 15) is 14.4 Å². The van der Waals surface area contributed by atoms with Crippen LogP contribution >= 0.6 is 0 Å². The smallest absolute Gasteiger partial charge is 0.412 e. The molecule has 1 saturated heterocycles. The zero-order valence-electron chi connectivity index (χ0n) is 17.6. The van der Waals surface area contributed by atoms with Gasteiger partial charge in [0.1, 0.15) is 17.8 Å². The van der Waals surface area contributed by atoms with Crippen LogP contribution in [0, 0.1) is 6.92 Å². The second kappa shape index (κ2) is 8.29. The van der Waals surface area contributed by atoms with Gasteiger partial charge in [0.15, 0.2) is 0 Å². The largest absolute Gasteiger partial charge is 0.497 e. The number of anilines is 2. The molecule has 2 aromatic carbocycles. The maximum absolute atomic E-state index is 12.7. The number of hydrogen-bond acceptors (Lipinski definition) is 5. The van der Waals surface area contributed by atoms with Crippen LogP contribution < -0.4 is 15.4 Å². The number of nitrogens with one attached hydrogen (secondary N) is 2. The third-order valence-corrected chi connectivity index (χ3v) is 5.81. The summed E-state index contributed by atoms with van der Waals surface area (Å²) in [5, 5.41) is 5.47. The molecule has 2 aromatic rings. The number of aryl methyl sites for hydroxylation is 1. The summed E-state index contributed by atoms with van der Waals surface area (Å²) >= 11 is 0. The number of ether oxygens (including phenoxy) is 2. The third-order valence-electron chi connectivity index (χ3n) is 5.81. The Balaban J connectivity index is 1.40. The highest BCUT2D eigenvalue weighted by molar-refractivity contribution is 6.03. The first-order valence-corrected chi connectivity index (χ1v) is 10.2. The molecule has 1 fully saturated rings. The van der Waals surface area contributed by atoms with Gasteiger partial charge in [-0.25, -0.2) is 4.79 Å². The Morgan fingerprint density at radius 2 is 1.87 bits per heavy atom. The topological polar surface area (TPSA) is 97.0 Å². The van der Waals surface area contributed by atoms with Gasteiger partial charge in [-0.15, -0.1) is 0 Å². The summed E-state index contributed by atoms with van der Waals surface area (Å²) in [4.78, 5) is 38.7. The lowest BCUT2D eigenvalue weighted by molar-refractivity contribution is -0.138. The van der Waals surface area contributed by atoms with Crippen LogP contribution in [0.3, 0.4) is 0 Å². The number of carbonyl (C=O) groups is 3. The maximum Gasteiger partial charge on any atom is 0.412 e. The molecule has 0 unspecified atom stereocenters. The van der Waals surface area contributed by atoms with Crippen LogP contribution in [-0.4, -0.2) is 43.0 Å². The van der Waals surface area contributed by atoms with E-state index in [-0.39, 0.29) is 18.2 Å². The fourth-order valence-corrected chi connectivity index (χ4v) is 4.08. The third kappa shape index (κ3) is 4.33. The van der Waals surface area contributed by atoms with E-state index in [1.807, 2.05) is 25.1 Å². The zero-order chi connectivity index (χ0) is 22.0. The molecule has 0 aromatic heterocycles. The summed E-state index contributed by atoms with van der Waals surface area (Å²) in [6.45, 7) is 2.74. The number of piperidine rings is 1. The van der Waals surface area contributed by atoms with Crippen LogP contribution in [0.15, 0.2) is 42.5 Å². The van der Waals surface area contributed by atoms with Crippen molar-refractivity contribution in [3.05, 3.63) is 53.6 Å².